The van der Waals surface area contributed by atoms with E-state index in [2.05, 4.69) is 21.1 Å². The van der Waals surface area contributed by atoms with E-state index in [9.17, 15) is 14.7 Å². The molecular weight excluding hydrogens is 452 g/mol. The van der Waals surface area contributed by atoms with Crippen molar-refractivity contribution in [1.29, 1.82) is 0 Å². The number of nitrogens with zero attached hydrogens (tertiary/aromatic N) is 2. The van der Waals surface area contributed by atoms with E-state index in [0.29, 0.717) is 22.6 Å². The van der Waals surface area contributed by atoms with E-state index in [-0.39, 0.29) is 17.2 Å². The van der Waals surface area contributed by atoms with Crippen molar-refractivity contribution in [2.75, 3.05) is 12.0 Å². The Balaban J connectivity index is 1.95. The minimum Gasteiger partial charge on any atom is -0.507 e. The molecule has 0 unspecified atom stereocenters. The summed E-state index contributed by atoms with van der Waals surface area (Å²) in [7, 11) is 1.53. The van der Waals surface area contributed by atoms with Crippen molar-refractivity contribution in [2.24, 2.45) is 0 Å². The van der Waals surface area contributed by atoms with Crippen LogP contribution in [0.2, 0.25) is 0 Å². The summed E-state index contributed by atoms with van der Waals surface area (Å²) in [5.41, 5.74) is 0.976. The maximum atomic E-state index is 13.0. The van der Waals surface area contributed by atoms with Crippen molar-refractivity contribution >= 4 is 39.2 Å². The van der Waals surface area contributed by atoms with Crippen LogP contribution >= 0.6 is 15.9 Å². The number of hydrogen-bond acceptors (Lipinski definition) is 6. The van der Waals surface area contributed by atoms with Gasteiger partial charge in [-0.1, -0.05) is 45.4 Å². The zero-order chi connectivity index (χ0) is 21.4. The molecule has 152 valence electrons. The SMILES string of the molecule is COc1cccc([C@H]2C(=C(O)c3ccc(Br)cc3)C(=O)C(=O)N2c2cc(C)on2)c1. The van der Waals surface area contributed by atoms with Crippen LogP contribution in [-0.2, 0) is 9.59 Å². The van der Waals surface area contributed by atoms with Crippen LogP contribution in [0.1, 0.15) is 22.9 Å². The van der Waals surface area contributed by atoms with Gasteiger partial charge in [0.25, 0.3) is 5.78 Å². The second kappa shape index (κ2) is 7.79. The van der Waals surface area contributed by atoms with Gasteiger partial charge in [0.05, 0.1) is 18.7 Å². The third-order valence-corrected chi connectivity index (χ3v) is 5.36. The van der Waals surface area contributed by atoms with Gasteiger partial charge >= 0.3 is 5.91 Å². The molecule has 0 saturated carbocycles. The van der Waals surface area contributed by atoms with Crippen LogP contribution in [0.15, 0.2) is 69.2 Å². The van der Waals surface area contributed by atoms with Gasteiger partial charge in [0, 0.05) is 16.1 Å². The lowest BCUT2D eigenvalue weighted by Gasteiger charge is -2.23. The smallest absolute Gasteiger partial charge is 0.301 e. The van der Waals surface area contributed by atoms with Gasteiger partial charge in [-0.2, -0.15) is 0 Å². The van der Waals surface area contributed by atoms with E-state index in [4.69, 9.17) is 9.26 Å². The Morgan fingerprint density at radius 1 is 1.17 bits per heavy atom. The molecule has 1 saturated heterocycles. The Hall–Kier alpha value is -3.39. The highest BCUT2D eigenvalue weighted by Crippen LogP contribution is 2.42. The van der Waals surface area contributed by atoms with Crippen molar-refractivity contribution in [3.05, 3.63) is 81.5 Å². The molecule has 1 aliphatic rings. The van der Waals surface area contributed by atoms with Crippen molar-refractivity contribution in [3.63, 3.8) is 0 Å². The Kier molecular flexibility index (Phi) is 5.17. The highest BCUT2D eigenvalue weighted by atomic mass is 79.9. The molecule has 3 aromatic rings. The second-order valence-electron chi connectivity index (χ2n) is 6.75. The number of aromatic nitrogens is 1. The monoisotopic (exact) mass is 468 g/mol. The number of anilines is 1. The van der Waals surface area contributed by atoms with Crippen molar-refractivity contribution < 1.29 is 24.0 Å². The first kappa shape index (κ1) is 19.9. The number of hydrogen-bond donors (Lipinski definition) is 1. The number of halogens is 1. The van der Waals surface area contributed by atoms with Crippen LogP contribution in [0.5, 0.6) is 5.75 Å². The number of aliphatic hydroxyl groups is 1. The summed E-state index contributed by atoms with van der Waals surface area (Å²) in [5, 5.41) is 14.9. The van der Waals surface area contributed by atoms with Crippen molar-refractivity contribution in [2.45, 2.75) is 13.0 Å². The number of ketones is 1. The fourth-order valence-electron chi connectivity index (χ4n) is 3.43. The van der Waals surface area contributed by atoms with Crippen LogP contribution in [0, 0.1) is 6.92 Å². The molecule has 2 heterocycles. The zero-order valence-corrected chi connectivity index (χ0v) is 17.7. The van der Waals surface area contributed by atoms with E-state index < -0.39 is 17.7 Å². The summed E-state index contributed by atoms with van der Waals surface area (Å²) in [5.74, 6) is -0.630. The number of methoxy groups -OCH3 is 1. The largest absolute Gasteiger partial charge is 0.507 e. The Morgan fingerprint density at radius 2 is 1.90 bits per heavy atom. The number of carbonyl (C=O) groups is 2. The molecule has 8 heteroatoms. The van der Waals surface area contributed by atoms with Crippen LogP contribution in [0.3, 0.4) is 0 Å². The molecule has 1 aromatic heterocycles. The highest BCUT2D eigenvalue weighted by molar-refractivity contribution is 9.10. The van der Waals surface area contributed by atoms with Gasteiger partial charge < -0.3 is 14.4 Å². The molecule has 1 N–H and O–H groups in total. The van der Waals surface area contributed by atoms with Crippen molar-refractivity contribution in [3.8, 4) is 5.75 Å². The molecule has 1 atom stereocenters. The quantitative estimate of drug-likeness (QED) is 0.347. The predicted octanol–water partition coefficient (Wildman–Crippen LogP) is 4.38. The normalized spacial score (nSPS) is 18.1. The summed E-state index contributed by atoms with van der Waals surface area (Å²) in [6.07, 6.45) is 0. The molecule has 1 amide bonds. The minimum absolute atomic E-state index is 0.0313. The standard InChI is InChI=1S/C22H17BrN2O5/c1-12-10-17(24-30-12)25-19(14-4-3-5-16(11-14)29-2)18(21(27)22(25)28)20(26)13-6-8-15(23)9-7-13/h3-11,19,26H,1-2H3/t19-/m0/s1. The van der Waals surface area contributed by atoms with E-state index in [1.807, 2.05) is 0 Å². The summed E-state index contributed by atoms with van der Waals surface area (Å²) in [6, 6.07) is 14.5. The molecule has 7 nitrogen and oxygen atoms in total. The number of carbonyl (C=O) groups excluding carboxylic acids is 2. The zero-order valence-electron chi connectivity index (χ0n) is 16.1. The molecule has 0 bridgehead atoms. The Labute approximate surface area is 180 Å². The topological polar surface area (TPSA) is 92.9 Å². The second-order valence-corrected chi connectivity index (χ2v) is 7.66. The number of aliphatic hydroxyl groups excluding tert-OH is 1. The maximum absolute atomic E-state index is 13.0. The lowest BCUT2D eigenvalue weighted by molar-refractivity contribution is -0.132. The molecular formula is C22H17BrN2O5. The minimum atomic E-state index is -0.895. The van der Waals surface area contributed by atoms with Crippen LogP contribution in [-0.4, -0.2) is 29.1 Å². The number of ether oxygens (including phenoxy) is 1. The molecule has 30 heavy (non-hydrogen) atoms. The van der Waals surface area contributed by atoms with Gasteiger partial charge in [-0.15, -0.1) is 0 Å². The van der Waals surface area contributed by atoms with Gasteiger partial charge in [-0.05, 0) is 36.8 Å². The van der Waals surface area contributed by atoms with Crippen molar-refractivity contribution in [1.82, 2.24) is 5.16 Å². The third kappa shape index (κ3) is 3.39. The van der Waals surface area contributed by atoms with Gasteiger partial charge in [0.15, 0.2) is 5.82 Å². The fourth-order valence-corrected chi connectivity index (χ4v) is 3.69. The van der Waals surface area contributed by atoms with Crippen LogP contribution in [0.25, 0.3) is 5.76 Å². The lowest BCUT2D eigenvalue weighted by Crippen LogP contribution is -2.29. The number of aryl methyl sites for hydroxylation is 1. The fraction of sp³-hybridized carbons (Fsp3) is 0.136. The van der Waals surface area contributed by atoms with Gasteiger partial charge in [-0.3, -0.25) is 14.5 Å². The highest BCUT2D eigenvalue weighted by Gasteiger charge is 2.48. The number of rotatable bonds is 4. The van der Waals surface area contributed by atoms with E-state index in [0.717, 1.165) is 4.47 Å². The predicted molar refractivity (Wildman–Crippen MR) is 113 cm³/mol. The maximum Gasteiger partial charge on any atom is 0.301 e. The van der Waals surface area contributed by atoms with Crippen LogP contribution in [0.4, 0.5) is 5.82 Å². The summed E-state index contributed by atoms with van der Waals surface area (Å²) >= 11 is 3.35. The third-order valence-electron chi connectivity index (χ3n) is 4.83. The summed E-state index contributed by atoms with van der Waals surface area (Å²) in [4.78, 5) is 27.2. The average Bonchev–Trinajstić information content (AvgIpc) is 3.29. The van der Waals surface area contributed by atoms with Gasteiger partial charge in [0.2, 0.25) is 0 Å². The molecule has 0 spiro atoms. The molecule has 1 aliphatic heterocycles. The Morgan fingerprint density at radius 3 is 2.53 bits per heavy atom. The Bertz CT molecular complexity index is 1170. The first-order valence-electron chi connectivity index (χ1n) is 9.05. The average molecular weight is 469 g/mol. The molecule has 0 radical (unpaired) electrons. The van der Waals surface area contributed by atoms with E-state index in [1.165, 1.54) is 12.0 Å². The molecule has 1 fully saturated rings. The molecule has 2 aromatic carbocycles. The number of Topliss-reactive ketones (excluding diaryl/α,β-unsaturated/α-hetero) is 1. The first-order valence-corrected chi connectivity index (χ1v) is 9.84. The van der Waals surface area contributed by atoms with E-state index in [1.54, 1.807) is 61.5 Å². The lowest BCUT2D eigenvalue weighted by atomic mass is 9.95. The number of amides is 1. The van der Waals surface area contributed by atoms with Gasteiger partial charge in [0.1, 0.15) is 17.3 Å². The molecule has 0 aliphatic carbocycles. The van der Waals surface area contributed by atoms with Crippen LogP contribution < -0.4 is 9.64 Å². The summed E-state index contributed by atoms with van der Waals surface area (Å²) < 4.78 is 11.2. The molecule has 4 rings (SSSR count). The summed E-state index contributed by atoms with van der Waals surface area (Å²) in [6.45, 7) is 1.69. The number of benzene rings is 2. The van der Waals surface area contributed by atoms with E-state index >= 15 is 0 Å². The van der Waals surface area contributed by atoms with Gasteiger partial charge in [-0.25, -0.2) is 0 Å². The first-order chi connectivity index (χ1) is 14.4.